The molecule has 1 aromatic carbocycles. The lowest BCUT2D eigenvalue weighted by atomic mass is 9.82. The van der Waals surface area contributed by atoms with Crippen LogP contribution < -0.4 is 0 Å². The van der Waals surface area contributed by atoms with Crippen molar-refractivity contribution in [3.63, 3.8) is 0 Å². The fourth-order valence-corrected chi connectivity index (χ4v) is 4.38. The van der Waals surface area contributed by atoms with E-state index in [1.165, 1.54) is 24.1 Å². The minimum atomic E-state index is 0.524. The summed E-state index contributed by atoms with van der Waals surface area (Å²) in [5, 5.41) is 2.17. The van der Waals surface area contributed by atoms with Crippen molar-refractivity contribution in [2.75, 3.05) is 0 Å². The van der Waals surface area contributed by atoms with E-state index >= 15 is 0 Å². The van der Waals surface area contributed by atoms with Gasteiger partial charge >= 0.3 is 0 Å². The molecular weight excluding hydrogens is 292 g/mol. The van der Waals surface area contributed by atoms with Crippen LogP contribution in [0.5, 0.6) is 0 Å². The third kappa shape index (κ3) is 2.34. The molecule has 0 spiro atoms. The molecule has 1 aliphatic rings. The van der Waals surface area contributed by atoms with Gasteiger partial charge in [0, 0.05) is 4.88 Å². The Morgan fingerprint density at radius 2 is 1.94 bits per heavy atom. The second-order valence-corrected chi connectivity index (χ2v) is 6.65. The Morgan fingerprint density at radius 3 is 2.71 bits per heavy atom. The van der Waals surface area contributed by atoms with Crippen molar-refractivity contribution >= 4 is 27.3 Å². The fraction of sp³-hybridized carbons (Fsp3) is 0.333. The number of hydrogen-bond donors (Lipinski definition) is 0. The highest BCUT2D eigenvalue weighted by atomic mass is 79.9. The van der Waals surface area contributed by atoms with E-state index in [-0.39, 0.29) is 0 Å². The van der Waals surface area contributed by atoms with Crippen LogP contribution in [0.2, 0.25) is 0 Å². The van der Waals surface area contributed by atoms with E-state index in [2.05, 4.69) is 57.7 Å². The van der Waals surface area contributed by atoms with E-state index < -0.39 is 0 Å². The first-order valence-electron chi connectivity index (χ1n) is 6.09. The lowest BCUT2D eigenvalue weighted by Gasteiger charge is -2.27. The van der Waals surface area contributed by atoms with E-state index in [4.69, 9.17) is 0 Å². The Bertz CT molecular complexity index is 489. The van der Waals surface area contributed by atoms with Crippen LogP contribution in [0, 0.1) is 5.92 Å². The summed E-state index contributed by atoms with van der Waals surface area (Å²) >= 11 is 5.75. The van der Waals surface area contributed by atoms with E-state index in [0.29, 0.717) is 4.83 Å². The number of aryl methyl sites for hydroxylation is 1. The van der Waals surface area contributed by atoms with E-state index in [0.717, 1.165) is 5.92 Å². The van der Waals surface area contributed by atoms with Gasteiger partial charge in [-0.05, 0) is 47.8 Å². The monoisotopic (exact) mass is 306 g/mol. The van der Waals surface area contributed by atoms with Crippen molar-refractivity contribution in [2.45, 2.75) is 24.1 Å². The highest BCUT2D eigenvalue weighted by Gasteiger charge is 2.25. The second-order valence-electron chi connectivity index (χ2n) is 4.69. The van der Waals surface area contributed by atoms with E-state index in [9.17, 15) is 0 Å². The molecule has 0 fully saturated rings. The quantitative estimate of drug-likeness (QED) is 0.686. The molecule has 0 saturated carbocycles. The van der Waals surface area contributed by atoms with Gasteiger partial charge in [-0.15, -0.1) is 11.3 Å². The molecule has 88 valence electrons. The van der Waals surface area contributed by atoms with Crippen molar-refractivity contribution in [1.29, 1.82) is 0 Å². The van der Waals surface area contributed by atoms with Gasteiger partial charge in [0.25, 0.3) is 0 Å². The number of thiophene rings is 1. The van der Waals surface area contributed by atoms with Gasteiger partial charge in [0.2, 0.25) is 0 Å². The molecule has 2 unspecified atom stereocenters. The molecule has 1 aromatic heterocycles. The normalized spacial score (nSPS) is 20.9. The molecule has 1 heterocycles. The maximum atomic E-state index is 3.89. The van der Waals surface area contributed by atoms with Gasteiger partial charge in [0.1, 0.15) is 0 Å². The topological polar surface area (TPSA) is 0 Å². The summed E-state index contributed by atoms with van der Waals surface area (Å²) in [7, 11) is 0. The van der Waals surface area contributed by atoms with Gasteiger partial charge in [0.05, 0.1) is 4.83 Å². The molecular formula is C15H15BrS. The van der Waals surface area contributed by atoms with Crippen LogP contribution in [0.1, 0.15) is 27.3 Å². The zero-order chi connectivity index (χ0) is 11.7. The zero-order valence-electron chi connectivity index (χ0n) is 9.60. The van der Waals surface area contributed by atoms with Crippen molar-refractivity contribution in [3.05, 3.63) is 57.8 Å². The molecule has 0 bridgehead atoms. The molecule has 0 nitrogen and oxygen atoms in total. The first-order chi connectivity index (χ1) is 8.34. The van der Waals surface area contributed by atoms with Gasteiger partial charge in [-0.25, -0.2) is 0 Å². The minimum Gasteiger partial charge on any atom is -0.148 e. The maximum absolute atomic E-state index is 3.89. The summed E-state index contributed by atoms with van der Waals surface area (Å²) in [6.07, 6.45) is 3.74. The van der Waals surface area contributed by atoms with Crippen LogP contribution in [0.25, 0.3) is 0 Å². The average Bonchev–Trinajstić information content (AvgIpc) is 2.91. The summed E-state index contributed by atoms with van der Waals surface area (Å²) < 4.78 is 0. The molecule has 0 amide bonds. The first-order valence-corrected chi connectivity index (χ1v) is 7.88. The minimum absolute atomic E-state index is 0.524. The molecule has 3 rings (SSSR count). The van der Waals surface area contributed by atoms with Crippen LogP contribution >= 0.6 is 27.3 Å². The molecule has 2 heteroatoms. The zero-order valence-corrected chi connectivity index (χ0v) is 12.0. The molecule has 0 radical (unpaired) electrons. The predicted octanol–water partition coefficient (Wildman–Crippen LogP) is 4.99. The van der Waals surface area contributed by atoms with Crippen molar-refractivity contribution in [1.82, 2.24) is 0 Å². The Kier molecular flexibility index (Phi) is 3.34. The highest BCUT2D eigenvalue weighted by Crippen LogP contribution is 2.40. The predicted molar refractivity (Wildman–Crippen MR) is 77.9 cm³/mol. The molecule has 2 atom stereocenters. The molecule has 0 N–H and O–H groups in total. The van der Waals surface area contributed by atoms with Crippen LogP contribution in [0.3, 0.4) is 0 Å². The Morgan fingerprint density at radius 1 is 1.12 bits per heavy atom. The van der Waals surface area contributed by atoms with Crippen molar-refractivity contribution < 1.29 is 0 Å². The largest absolute Gasteiger partial charge is 0.148 e. The van der Waals surface area contributed by atoms with Crippen LogP contribution in [-0.4, -0.2) is 0 Å². The Hall–Kier alpha value is -0.600. The number of fused-ring (bicyclic) bond motifs is 1. The Labute approximate surface area is 115 Å². The van der Waals surface area contributed by atoms with Crippen molar-refractivity contribution in [2.24, 2.45) is 5.92 Å². The third-order valence-electron chi connectivity index (χ3n) is 3.61. The average molecular weight is 307 g/mol. The fourth-order valence-electron chi connectivity index (χ4n) is 2.66. The maximum Gasteiger partial charge on any atom is 0.0520 e. The lowest BCUT2D eigenvalue weighted by molar-refractivity contribution is 0.456. The SMILES string of the molecule is BrC(c1cccs1)C1CCc2ccccc2C1. The first kappa shape index (κ1) is 11.5. The summed E-state index contributed by atoms with van der Waals surface area (Å²) in [4.78, 5) is 1.99. The Balaban J connectivity index is 1.80. The molecule has 17 heavy (non-hydrogen) atoms. The molecule has 2 aromatic rings. The highest BCUT2D eigenvalue weighted by molar-refractivity contribution is 9.09. The molecule has 0 saturated heterocycles. The number of benzene rings is 1. The van der Waals surface area contributed by atoms with E-state index in [1.54, 1.807) is 11.1 Å². The van der Waals surface area contributed by atoms with Gasteiger partial charge in [-0.2, -0.15) is 0 Å². The standard InChI is InChI=1S/C15H15BrS/c16-15(14-6-3-9-17-14)13-8-7-11-4-1-2-5-12(11)10-13/h1-6,9,13,15H,7-8,10H2. The third-order valence-corrected chi connectivity index (χ3v) is 6.11. The molecule has 1 aliphatic carbocycles. The van der Waals surface area contributed by atoms with Crippen LogP contribution in [0.4, 0.5) is 0 Å². The summed E-state index contributed by atoms with van der Waals surface area (Å²) in [5.41, 5.74) is 3.10. The number of alkyl halides is 1. The van der Waals surface area contributed by atoms with Gasteiger partial charge in [-0.1, -0.05) is 46.3 Å². The van der Waals surface area contributed by atoms with Gasteiger partial charge in [-0.3, -0.25) is 0 Å². The summed E-state index contributed by atoms with van der Waals surface area (Å²) in [6, 6.07) is 13.3. The van der Waals surface area contributed by atoms with Gasteiger partial charge < -0.3 is 0 Å². The van der Waals surface area contributed by atoms with Crippen molar-refractivity contribution in [3.8, 4) is 0 Å². The number of halogens is 1. The summed E-state index contributed by atoms with van der Waals surface area (Å²) in [6.45, 7) is 0. The smallest absolute Gasteiger partial charge is 0.0520 e. The van der Waals surface area contributed by atoms with Gasteiger partial charge in [0.15, 0.2) is 0 Å². The lowest BCUT2D eigenvalue weighted by Crippen LogP contribution is -2.17. The van der Waals surface area contributed by atoms with Crippen LogP contribution in [0.15, 0.2) is 41.8 Å². The van der Waals surface area contributed by atoms with E-state index in [1.807, 2.05) is 11.3 Å². The second kappa shape index (κ2) is 4.95. The number of rotatable bonds is 2. The number of hydrogen-bond acceptors (Lipinski definition) is 1. The molecule has 0 aliphatic heterocycles. The van der Waals surface area contributed by atoms with Crippen LogP contribution in [-0.2, 0) is 12.8 Å². The summed E-state index contributed by atoms with van der Waals surface area (Å²) in [5.74, 6) is 0.739.